The van der Waals surface area contributed by atoms with Crippen LogP contribution >= 0.6 is 23.3 Å². The average Bonchev–Trinajstić information content (AvgIpc) is 3.81. The van der Waals surface area contributed by atoms with Gasteiger partial charge in [-0.05, 0) is 44.5 Å². The van der Waals surface area contributed by atoms with Gasteiger partial charge in [-0.2, -0.15) is 13.9 Å². The van der Waals surface area contributed by atoms with E-state index in [0.29, 0.717) is 44.8 Å². The molecule has 2 atom stereocenters. The Morgan fingerprint density at radius 3 is 2.04 bits per heavy atom. The van der Waals surface area contributed by atoms with E-state index in [0.717, 1.165) is 11.5 Å². The quantitative estimate of drug-likeness (QED) is 0.0242. The van der Waals surface area contributed by atoms with Gasteiger partial charge in [0.15, 0.2) is 18.4 Å². The number of anilines is 1. The van der Waals surface area contributed by atoms with Crippen molar-refractivity contribution in [3.63, 3.8) is 0 Å². The number of aromatic nitrogens is 3. The van der Waals surface area contributed by atoms with Crippen LogP contribution in [0.3, 0.4) is 0 Å². The third-order valence-corrected chi connectivity index (χ3v) is 13.3. The number of benzene rings is 4. The van der Waals surface area contributed by atoms with Gasteiger partial charge in [-0.3, -0.25) is 24.6 Å². The standard InChI is InChI=1S/C51H48N8O9S2.HI/c1-31-38(42(52)60)22-15-27-58(31)28-33-30-69-46-40(45(62)59(46)41(33)47(63)66-29-32-23-25-37(65-5)26-24-32)53-44(61)39(43-54-48(70-57-43)55-49(64)67-50(2,3)4)56-68-51(34-16-9-6-10-17-34,35-18-11-7-12-19-35)36-20-13-8-14-21-36;/h6-27,40,46H,28-30H2,1-5H3,(H3-,52,53,54,55,57,60,61,64);1H/t40-,46+;/m1./s1. The summed E-state index contributed by atoms with van der Waals surface area (Å²) in [5, 5.41) is 9.19. The molecule has 1 saturated heterocycles. The number of hydrogen-bond donors (Lipinski definition) is 3. The number of esters is 1. The van der Waals surface area contributed by atoms with Crippen LogP contribution in [0.25, 0.3) is 0 Å². The zero-order valence-corrected chi connectivity index (χ0v) is 43.0. The van der Waals surface area contributed by atoms with Gasteiger partial charge in [-0.1, -0.05) is 108 Å². The summed E-state index contributed by atoms with van der Waals surface area (Å²) in [6.07, 6.45) is 0.957. The van der Waals surface area contributed by atoms with Crippen LogP contribution < -0.4 is 49.6 Å². The van der Waals surface area contributed by atoms with Crippen LogP contribution in [0.4, 0.5) is 9.93 Å². The van der Waals surface area contributed by atoms with E-state index in [2.05, 4.69) is 25.1 Å². The van der Waals surface area contributed by atoms with Crippen molar-refractivity contribution in [1.29, 1.82) is 0 Å². The number of nitrogens with two attached hydrogens (primary N) is 1. The molecule has 4 aromatic carbocycles. The van der Waals surface area contributed by atoms with Crippen LogP contribution in [0.1, 0.15) is 64.9 Å². The number of carbonyl (C=O) groups excluding carboxylic acids is 5. The topological polar surface area (TPSA) is 218 Å². The van der Waals surface area contributed by atoms with E-state index in [1.165, 1.54) is 16.7 Å². The van der Waals surface area contributed by atoms with E-state index in [4.69, 9.17) is 24.8 Å². The molecule has 71 heavy (non-hydrogen) atoms. The summed E-state index contributed by atoms with van der Waals surface area (Å²) in [5.74, 6) is -2.20. The number of ether oxygens (including phenoxy) is 3. The lowest BCUT2D eigenvalue weighted by Crippen LogP contribution is -3.00. The van der Waals surface area contributed by atoms with Crippen LogP contribution in [0.15, 0.2) is 150 Å². The van der Waals surface area contributed by atoms with Crippen LogP contribution in [0.5, 0.6) is 5.75 Å². The molecule has 2 aliphatic heterocycles. The van der Waals surface area contributed by atoms with Crippen molar-refractivity contribution in [3.8, 4) is 5.75 Å². The van der Waals surface area contributed by atoms with E-state index < -0.39 is 58.1 Å². The number of halogens is 1. The lowest BCUT2D eigenvalue weighted by atomic mass is 9.80. The van der Waals surface area contributed by atoms with Gasteiger partial charge in [0.1, 0.15) is 40.6 Å². The number of β-lactam (4-membered cyclic amide) rings is 1. The molecule has 2 aliphatic rings. The van der Waals surface area contributed by atoms with Crippen LogP contribution in [-0.4, -0.2) is 79.6 Å². The zero-order chi connectivity index (χ0) is 49.6. The molecule has 20 heteroatoms. The van der Waals surface area contributed by atoms with Crippen LogP contribution in [-0.2, 0) is 47.4 Å². The third-order valence-electron chi connectivity index (χ3n) is 11.3. The summed E-state index contributed by atoms with van der Waals surface area (Å²) in [7, 11) is 1.55. The normalized spacial score (nSPS) is 15.6. The molecule has 0 aliphatic carbocycles. The van der Waals surface area contributed by atoms with Gasteiger partial charge in [-0.15, -0.1) is 11.8 Å². The fraction of sp³-hybridized carbons (Fsp3) is 0.235. The Bertz CT molecular complexity index is 2890. The summed E-state index contributed by atoms with van der Waals surface area (Å²) < 4.78 is 22.7. The largest absolute Gasteiger partial charge is 1.00 e. The molecule has 0 spiro atoms. The molecular weight excluding hydrogens is 1060 g/mol. The van der Waals surface area contributed by atoms with Gasteiger partial charge in [0, 0.05) is 52.5 Å². The Balaban J connectivity index is 0.00000741. The van der Waals surface area contributed by atoms with Crippen molar-refractivity contribution < 1.29 is 71.6 Å². The molecular formula is C51H49IN8O9S2. The lowest BCUT2D eigenvalue weighted by molar-refractivity contribution is -0.695. The number of carbonyl (C=O) groups is 5. The Morgan fingerprint density at radius 1 is 0.873 bits per heavy atom. The monoisotopic (exact) mass is 1110 g/mol. The first-order valence-electron chi connectivity index (χ1n) is 22.0. The molecule has 0 radical (unpaired) electrons. The maximum Gasteiger partial charge on any atom is 0.414 e. The fourth-order valence-electron chi connectivity index (χ4n) is 7.95. The van der Waals surface area contributed by atoms with Crippen molar-refractivity contribution in [2.45, 2.75) is 63.5 Å². The minimum atomic E-state index is -1.43. The Kier molecular flexibility index (Phi) is 16.2. The van der Waals surface area contributed by atoms with E-state index in [1.807, 2.05) is 91.0 Å². The number of hydrogen-bond acceptors (Lipinski definition) is 14. The molecule has 0 saturated carbocycles. The first-order valence-corrected chi connectivity index (χ1v) is 23.8. The number of primary amides is 1. The number of amides is 4. The van der Waals surface area contributed by atoms with Crippen molar-refractivity contribution in [1.82, 2.24) is 19.6 Å². The van der Waals surface area contributed by atoms with Gasteiger partial charge in [0.25, 0.3) is 17.7 Å². The van der Waals surface area contributed by atoms with Gasteiger partial charge in [0.2, 0.25) is 22.3 Å². The number of methoxy groups -OCH3 is 1. The van der Waals surface area contributed by atoms with Crippen molar-refractivity contribution in [3.05, 3.63) is 184 Å². The summed E-state index contributed by atoms with van der Waals surface area (Å²) in [6, 6.07) is 37.2. The minimum Gasteiger partial charge on any atom is -1.00 e. The number of oxime groups is 1. The van der Waals surface area contributed by atoms with E-state index in [-0.39, 0.29) is 59.5 Å². The predicted octanol–water partition coefficient (Wildman–Crippen LogP) is 3.40. The average molecular weight is 1110 g/mol. The summed E-state index contributed by atoms with van der Waals surface area (Å²) >= 11 is 2.11. The fourth-order valence-corrected chi connectivity index (χ4v) is 9.84. The highest BCUT2D eigenvalue weighted by atomic mass is 127. The minimum absolute atomic E-state index is 0. The molecule has 4 heterocycles. The molecule has 2 aromatic heterocycles. The highest BCUT2D eigenvalue weighted by Crippen LogP contribution is 2.42. The number of nitrogens with zero attached hydrogens (tertiary/aromatic N) is 5. The Labute approximate surface area is 435 Å². The molecule has 8 rings (SSSR count). The maximum atomic E-state index is 14.8. The molecule has 366 valence electrons. The number of nitrogens with one attached hydrogen (secondary N) is 2. The van der Waals surface area contributed by atoms with Gasteiger partial charge >= 0.3 is 12.1 Å². The molecule has 6 aromatic rings. The molecule has 0 unspecified atom stereocenters. The van der Waals surface area contributed by atoms with E-state index >= 15 is 0 Å². The molecule has 0 bridgehead atoms. The number of rotatable bonds is 16. The zero-order valence-electron chi connectivity index (χ0n) is 39.2. The molecule has 4 N–H and O–H groups in total. The highest BCUT2D eigenvalue weighted by molar-refractivity contribution is 8.00. The van der Waals surface area contributed by atoms with Gasteiger partial charge in [-0.25, -0.2) is 9.59 Å². The Morgan fingerprint density at radius 2 is 1.48 bits per heavy atom. The second kappa shape index (κ2) is 22.3. The van der Waals surface area contributed by atoms with Crippen molar-refractivity contribution in [2.24, 2.45) is 10.9 Å². The summed E-state index contributed by atoms with van der Waals surface area (Å²) in [5.41, 5.74) is 7.15. The van der Waals surface area contributed by atoms with Crippen LogP contribution in [0, 0.1) is 6.92 Å². The molecule has 17 nitrogen and oxygen atoms in total. The smallest absolute Gasteiger partial charge is 0.414 e. The second-order valence-electron chi connectivity index (χ2n) is 17.1. The molecule has 4 amide bonds. The van der Waals surface area contributed by atoms with Gasteiger partial charge in [0.05, 0.1) is 7.11 Å². The van der Waals surface area contributed by atoms with Crippen molar-refractivity contribution >= 4 is 63.9 Å². The van der Waals surface area contributed by atoms with Gasteiger partial charge < -0.3 is 54.1 Å². The Hall–Kier alpha value is -7.17. The summed E-state index contributed by atoms with van der Waals surface area (Å²) in [6.45, 7) is 6.89. The van der Waals surface area contributed by atoms with E-state index in [1.54, 1.807) is 82.0 Å². The van der Waals surface area contributed by atoms with E-state index in [9.17, 15) is 24.0 Å². The first kappa shape index (κ1) is 51.7. The predicted molar refractivity (Wildman–Crippen MR) is 261 cm³/mol. The second-order valence-corrected chi connectivity index (χ2v) is 19.0. The maximum absolute atomic E-state index is 14.8. The number of fused-ring (bicyclic) bond motifs is 1. The molecule has 1 fully saturated rings. The highest BCUT2D eigenvalue weighted by Gasteiger charge is 2.55. The third kappa shape index (κ3) is 11.4. The SMILES string of the molecule is COc1ccc(COC(=O)C2=C(C[n+]3cccc(C(N)=O)c3C)CS[C@H]3[C@H](NC(=O)C(=NOC(c4ccccc4)(c4ccccc4)c4ccccc4)c4nsc(NC(=O)OC(C)(C)C)n4)C(=O)N23)cc1.[I-]. The number of thioether (sulfide) groups is 1. The summed E-state index contributed by atoms with van der Waals surface area (Å²) in [4.78, 5) is 81.1. The van der Waals surface area contributed by atoms with Crippen LogP contribution in [0.2, 0.25) is 0 Å². The first-order chi connectivity index (χ1) is 33.7. The van der Waals surface area contributed by atoms with Crippen molar-refractivity contribution in [2.75, 3.05) is 18.2 Å². The lowest BCUT2D eigenvalue weighted by Gasteiger charge is -2.49. The number of pyridine rings is 1.